The third kappa shape index (κ3) is 8.58. The highest BCUT2D eigenvalue weighted by molar-refractivity contribution is 4.79. The summed E-state index contributed by atoms with van der Waals surface area (Å²) in [6.45, 7) is 9.35. The third-order valence-electron chi connectivity index (χ3n) is 3.25. The Kier molecular flexibility index (Phi) is 8.83. The summed E-state index contributed by atoms with van der Waals surface area (Å²) >= 11 is 0. The quantitative estimate of drug-likeness (QED) is 0.632. The minimum Gasteiger partial charge on any atom is -0.319 e. The molecule has 0 radical (unpaired) electrons. The Labute approximate surface area is 109 Å². The van der Waals surface area contributed by atoms with Crippen LogP contribution in [0.1, 0.15) is 33.1 Å². The van der Waals surface area contributed by atoms with Gasteiger partial charge in [0.1, 0.15) is 0 Å². The van der Waals surface area contributed by atoms with E-state index in [-0.39, 0.29) is 0 Å². The van der Waals surface area contributed by atoms with Crippen molar-refractivity contribution in [2.24, 2.45) is 5.41 Å². The van der Waals surface area contributed by atoms with Gasteiger partial charge in [-0.15, -0.1) is 0 Å². The molecule has 1 atom stereocenters. The lowest BCUT2D eigenvalue weighted by atomic mass is 9.85. The van der Waals surface area contributed by atoms with Crippen LogP contribution >= 0.6 is 0 Å². The van der Waals surface area contributed by atoms with Gasteiger partial charge in [-0.1, -0.05) is 20.3 Å². The maximum Gasteiger partial charge on any atom is 0.00444 e. The van der Waals surface area contributed by atoms with Crippen LogP contribution in [0.3, 0.4) is 0 Å². The van der Waals surface area contributed by atoms with Crippen LogP contribution in [0.2, 0.25) is 0 Å². The summed E-state index contributed by atoms with van der Waals surface area (Å²) in [7, 11) is 8.59. The summed E-state index contributed by atoms with van der Waals surface area (Å²) in [4.78, 5) is 4.74. The molecule has 0 spiro atoms. The van der Waals surface area contributed by atoms with E-state index >= 15 is 0 Å². The largest absolute Gasteiger partial charge is 0.319 e. The Bertz CT molecular complexity index is 174. The molecular weight excluding hydrogens is 210 g/mol. The summed E-state index contributed by atoms with van der Waals surface area (Å²) in [5, 5.41) is 3.34. The van der Waals surface area contributed by atoms with Gasteiger partial charge >= 0.3 is 0 Å². The summed E-state index contributed by atoms with van der Waals surface area (Å²) in [5.41, 5.74) is 0.413. The van der Waals surface area contributed by atoms with Crippen LogP contribution in [0.15, 0.2) is 0 Å². The SMILES string of the molecule is CCCC(C)(CNC)CN(C)CCCN(C)C. The smallest absolute Gasteiger partial charge is 0.00444 e. The lowest BCUT2D eigenvalue weighted by molar-refractivity contribution is 0.171. The minimum absolute atomic E-state index is 0.413. The molecule has 0 aliphatic heterocycles. The zero-order valence-corrected chi connectivity index (χ0v) is 12.8. The average molecular weight is 243 g/mol. The lowest BCUT2D eigenvalue weighted by Gasteiger charge is -2.34. The highest BCUT2D eigenvalue weighted by Gasteiger charge is 2.23. The molecule has 104 valence electrons. The van der Waals surface area contributed by atoms with E-state index < -0.39 is 0 Å². The van der Waals surface area contributed by atoms with E-state index in [1.54, 1.807) is 0 Å². The van der Waals surface area contributed by atoms with Gasteiger partial charge in [0.25, 0.3) is 0 Å². The summed E-state index contributed by atoms with van der Waals surface area (Å²) in [6.07, 6.45) is 3.82. The van der Waals surface area contributed by atoms with E-state index in [0.717, 1.165) is 6.54 Å². The Morgan fingerprint density at radius 3 is 2.24 bits per heavy atom. The highest BCUT2D eigenvalue weighted by Crippen LogP contribution is 2.23. The van der Waals surface area contributed by atoms with Gasteiger partial charge in [0.2, 0.25) is 0 Å². The van der Waals surface area contributed by atoms with Crippen LogP contribution in [-0.2, 0) is 0 Å². The predicted octanol–water partition coefficient (Wildman–Crippen LogP) is 1.90. The van der Waals surface area contributed by atoms with E-state index in [2.05, 4.69) is 57.2 Å². The molecule has 17 heavy (non-hydrogen) atoms. The van der Waals surface area contributed by atoms with Crippen LogP contribution in [0, 0.1) is 5.41 Å². The van der Waals surface area contributed by atoms with Gasteiger partial charge in [0.15, 0.2) is 0 Å². The molecular formula is C14H33N3. The molecule has 0 aromatic rings. The standard InChI is InChI=1S/C14H33N3/c1-7-9-14(2,12-15-3)13-17(6)11-8-10-16(4)5/h15H,7-13H2,1-6H3. The van der Waals surface area contributed by atoms with Crippen LogP contribution in [0.5, 0.6) is 0 Å². The van der Waals surface area contributed by atoms with E-state index in [9.17, 15) is 0 Å². The Hall–Kier alpha value is -0.120. The number of nitrogens with one attached hydrogen (secondary N) is 1. The fourth-order valence-corrected chi connectivity index (χ4v) is 2.64. The maximum absolute atomic E-state index is 3.34. The van der Waals surface area contributed by atoms with E-state index in [1.807, 2.05) is 0 Å². The second kappa shape index (κ2) is 8.90. The van der Waals surface area contributed by atoms with Gasteiger partial charge in [0, 0.05) is 13.1 Å². The van der Waals surface area contributed by atoms with Gasteiger partial charge in [-0.2, -0.15) is 0 Å². The predicted molar refractivity (Wildman–Crippen MR) is 77.6 cm³/mol. The Balaban J connectivity index is 3.98. The minimum atomic E-state index is 0.413. The molecule has 0 aromatic carbocycles. The van der Waals surface area contributed by atoms with Gasteiger partial charge in [-0.25, -0.2) is 0 Å². The second-order valence-corrected chi connectivity index (χ2v) is 5.99. The summed E-state index contributed by atoms with van der Waals surface area (Å²) < 4.78 is 0. The van der Waals surface area contributed by atoms with Crippen LogP contribution in [0.25, 0.3) is 0 Å². The molecule has 0 aliphatic rings. The van der Waals surface area contributed by atoms with Gasteiger partial charge in [-0.3, -0.25) is 0 Å². The molecule has 0 saturated carbocycles. The van der Waals surface area contributed by atoms with Crippen molar-refractivity contribution in [1.29, 1.82) is 0 Å². The lowest BCUT2D eigenvalue weighted by Crippen LogP contribution is -2.40. The molecule has 0 heterocycles. The molecule has 0 saturated heterocycles. The fraction of sp³-hybridized carbons (Fsp3) is 1.00. The first-order valence-corrected chi connectivity index (χ1v) is 6.91. The number of hydrogen-bond donors (Lipinski definition) is 1. The third-order valence-corrected chi connectivity index (χ3v) is 3.25. The fourth-order valence-electron chi connectivity index (χ4n) is 2.64. The van der Waals surface area contributed by atoms with Crippen molar-refractivity contribution >= 4 is 0 Å². The summed E-state index contributed by atoms with van der Waals surface area (Å²) in [5.74, 6) is 0. The average Bonchev–Trinajstić information content (AvgIpc) is 2.16. The van der Waals surface area contributed by atoms with E-state index in [0.29, 0.717) is 5.41 Å². The second-order valence-electron chi connectivity index (χ2n) is 5.99. The van der Waals surface area contributed by atoms with Gasteiger partial charge in [0.05, 0.1) is 0 Å². The molecule has 0 bridgehead atoms. The number of hydrogen-bond acceptors (Lipinski definition) is 3. The molecule has 0 rings (SSSR count). The van der Waals surface area contributed by atoms with Crippen molar-refractivity contribution in [2.45, 2.75) is 33.1 Å². The highest BCUT2D eigenvalue weighted by atomic mass is 15.1. The zero-order chi connectivity index (χ0) is 13.3. The van der Waals surface area contributed by atoms with Crippen molar-refractivity contribution in [2.75, 3.05) is 54.4 Å². The molecule has 0 fully saturated rings. The van der Waals surface area contributed by atoms with Crippen molar-refractivity contribution in [1.82, 2.24) is 15.1 Å². The van der Waals surface area contributed by atoms with Crippen molar-refractivity contribution in [3.8, 4) is 0 Å². The van der Waals surface area contributed by atoms with Crippen LogP contribution in [0.4, 0.5) is 0 Å². The monoisotopic (exact) mass is 243 g/mol. The Morgan fingerprint density at radius 2 is 1.76 bits per heavy atom. The molecule has 1 unspecified atom stereocenters. The van der Waals surface area contributed by atoms with E-state index in [1.165, 1.54) is 38.9 Å². The van der Waals surface area contributed by atoms with E-state index in [4.69, 9.17) is 0 Å². The first-order valence-electron chi connectivity index (χ1n) is 6.91. The first-order chi connectivity index (χ1) is 7.93. The molecule has 0 aromatic heterocycles. The van der Waals surface area contributed by atoms with Gasteiger partial charge in [-0.05, 0) is 59.5 Å². The van der Waals surface area contributed by atoms with Crippen molar-refractivity contribution in [3.05, 3.63) is 0 Å². The topological polar surface area (TPSA) is 18.5 Å². The van der Waals surface area contributed by atoms with Crippen molar-refractivity contribution in [3.63, 3.8) is 0 Å². The zero-order valence-electron chi connectivity index (χ0n) is 12.8. The molecule has 3 heteroatoms. The molecule has 0 amide bonds. The number of rotatable bonds is 10. The summed E-state index contributed by atoms with van der Waals surface area (Å²) in [6, 6.07) is 0. The molecule has 3 nitrogen and oxygen atoms in total. The van der Waals surface area contributed by atoms with Crippen LogP contribution in [-0.4, -0.2) is 64.2 Å². The molecule has 1 N–H and O–H groups in total. The first kappa shape index (κ1) is 16.9. The maximum atomic E-state index is 3.34. The van der Waals surface area contributed by atoms with Crippen LogP contribution < -0.4 is 5.32 Å². The number of nitrogens with zero attached hydrogens (tertiary/aromatic N) is 2. The molecule has 0 aliphatic carbocycles. The Morgan fingerprint density at radius 1 is 1.12 bits per heavy atom. The normalized spacial score (nSPS) is 15.5. The van der Waals surface area contributed by atoms with Crippen molar-refractivity contribution < 1.29 is 0 Å². The van der Waals surface area contributed by atoms with Gasteiger partial charge < -0.3 is 15.1 Å².